The van der Waals surface area contributed by atoms with E-state index < -0.39 is 53.4 Å². The maximum Gasteiger partial charge on any atom is 0.302 e. The smallest absolute Gasteiger partial charge is 0.302 e. The molecule has 0 saturated carbocycles. The Balaban J connectivity index is 1.72. The van der Waals surface area contributed by atoms with Gasteiger partial charge in [0.05, 0.1) is 23.6 Å². The number of fused-ring (bicyclic) bond motifs is 1. The minimum absolute atomic E-state index is 0.159. The first-order valence-corrected chi connectivity index (χ1v) is 11.8. The van der Waals surface area contributed by atoms with Crippen LogP contribution in [0.2, 0.25) is 0 Å². The second-order valence-corrected chi connectivity index (χ2v) is 8.91. The molecule has 0 aliphatic carbocycles. The Hall–Kier alpha value is -4.88. The van der Waals surface area contributed by atoms with Crippen LogP contribution in [0.3, 0.4) is 0 Å². The van der Waals surface area contributed by atoms with Crippen molar-refractivity contribution in [3.63, 3.8) is 0 Å². The van der Waals surface area contributed by atoms with Gasteiger partial charge in [-0.05, 0) is 36.8 Å². The topological polar surface area (TPSA) is 115 Å². The van der Waals surface area contributed by atoms with E-state index in [1.54, 1.807) is 25.9 Å². The van der Waals surface area contributed by atoms with Gasteiger partial charge in [0.2, 0.25) is 5.91 Å². The zero-order chi connectivity index (χ0) is 29.1. The third-order valence-electron chi connectivity index (χ3n) is 5.62. The van der Waals surface area contributed by atoms with Gasteiger partial charge in [0.1, 0.15) is 41.3 Å². The number of ether oxygens (including phenoxy) is 1. The highest BCUT2D eigenvalue weighted by atomic mass is 19.2. The van der Waals surface area contributed by atoms with Gasteiger partial charge in [-0.3, -0.25) is 9.59 Å². The molecule has 14 heteroatoms. The van der Waals surface area contributed by atoms with E-state index in [-0.39, 0.29) is 22.6 Å². The number of carbonyl (C=O) groups is 2. The first-order valence-electron chi connectivity index (χ1n) is 11.8. The highest BCUT2D eigenvalue weighted by molar-refractivity contribution is 5.96. The van der Waals surface area contributed by atoms with Gasteiger partial charge < -0.3 is 15.0 Å². The largest absolute Gasteiger partial charge is 0.465 e. The second kappa shape index (κ2) is 11.5. The van der Waals surface area contributed by atoms with E-state index in [9.17, 15) is 18.4 Å². The van der Waals surface area contributed by atoms with Gasteiger partial charge in [-0.1, -0.05) is 0 Å². The number of hydrogen-bond acceptors (Lipinski definition) is 7. The lowest BCUT2D eigenvalue weighted by atomic mass is 9.98. The van der Waals surface area contributed by atoms with Gasteiger partial charge in [0.25, 0.3) is 0 Å². The molecule has 4 rings (SSSR count). The molecular formula is C26H23F4N7O3. The summed E-state index contributed by atoms with van der Waals surface area (Å²) < 4.78 is 64.3. The summed E-state index contributed by atoms with van der Waals surface area (Å²) in [4.78, 5) is 38.6. The number of amides is 1. The number of rotatable bonds is 8. The van der Waals surface area contributed by atoms with Crippen molar-refractivity contribution in [3.8, 4) is 5.69 Å². The minimum atomic E-state index is -1.43. The van der Waals surface area contributed by atoms with E-state index in [4.69, 9.17) is 4.74 Å². The summed E-state index contributed by atoms with van der Waals surface area (Å²) in [5.74, 6) is -7.76. The number of halogens is 4. The Bertz CT molecular complexity index is 1620. The van der Waals surface area contributed by atoms with Crippen LogP contribution in [0, 0.1) is 30.2 Å². The number of aromatic nitrogens is 4. The molecule has 1 unspecified atom stereocenters. The molecule has 0 aliphatic heterocycles. The van der Waals surface area contributed by atoms with Crippen molar-refractivity contribution in [1.82, 2.24) is 24.6 Å². The molecule has 2 heterocycles. The monoisotopic (exact) mass is 557 g/mol. The minimum Gasteiger partial charge on any atom is -0.465 e. The molecule has 208 valence electrons. The molecule has 2 aromatic carbocycles. The summed E-state index contributed by atoms with van der Waals surface area (Å²) in [5, 5.41) is 6.48. The van der Waals surface area contributed by atoms with Crippen molar-refractivity contribution in [2.45, 2.75) is 19.8 Å². The number of aryl methyl sites for hydroxylation is 1. The van der Waals surface area contributed by atoms with E-state index in [1.165, 1.54) is 18.7 Å². The Labute approximate surface area is 225 Å². The molecule has 1 atom stereocenters. The van der Waals surface area contributed by atoms with Crippen LogP contribution in [0.15, 0.2) is 41.7 Å². The number of aliphatic imine (C=N–C) groups is 1. The fraction of sp³-hybridized carbons (Fsp3) is 0.231. The number of hydrogen-bond donors (Lipinski definition) is 1. The van der Waals surface area contributed by atoms with E-state index in [2.05, 4.69) is 25.4 Å². The molecule has 0 spiro atoms. The fourth-order valence-corrected chi connectivity index (χ4v) is 3.84. The van der Waals surface area contributed by atoms with Crippen molar-refractivity contribution in [1.29, 1.82) is 0 Å². The van der Waals surface area contributed by atoms with E-state index in [0.717, 1.165) is 29.8 Å². The van der Waals surface area contributed by atoms with Crippen molar-refractivity contribution < 1.29 is 31.9 Å². The molecule has 4 aromatic rings. The van der Waals surface area contributed by atoms with E-state index in [1.807, 2.05) is 0 Å². The third-order valence-corrected chi connectivity index (χ3v) is 5.62. The van der Waals surface area contributed by atoms with Crippen LogP contribution in [-0.2, 0) is 14.3 Å². The second-order valence-electron chi connectivity index (χ2n) is 8.91. The predicted molar refractivity (Wildman–Crippen MR) is 138 cm³/mol. The first-order chi connectivity index (χ1) is 19.0. The molecule has 10 nitrogen and oxygen atoms in total. The Morgan fingerprint density at radius 2 is 1.80 bits per heavy atom. The zero-order valence-electron chi connectivity index (χ0n) is 21.7. The van der Waals surface area contributed by atoms with Crippen LogP contribution in [0.25, 0.3) is 16.7 Å². The summed E-state index contributed by atoms with van der Waals surface area (Å²) in [6.45, 7) is 2.12. The number of benzene rings is 2. The van der Waals surface area contributed by atoms with E-state index >= 15 is 8.78 Å². The lowest BCUT2D eigenvalue weighted by molar-refractivity contribution is -0.142. The Morgan fingerprint density at radius 1 is 1.10 bits per heavy atom. The number of anilines is 1. The highest BCUT2D eigenvalue weighted by Gasteiger charge is 2.27. The van der Waals surface area contributed by atoms with Gasteiger partial charge in [0, 0.05) is 27.1 Å². The van der Waals surface area contributed by atoms with Crippen molar-refractivity contribution in [2.24, 2.45) is 4.99 Å². The molecule has 0 fully saturated rings. The van der Waals surface area contributed by atoms with Gasteiger partial charge in [-0.2, -0.15) is 5.10 Å². The van der Waals surface area contributed by atoms with Gasteiger partial charge >= 0.3 is 5.97 Å². The lowest BCUT2D eigenvalue weighted by Gasteiger charge is -2.18. The van der Waals surface area contributed by atoms with Crippen LogP contribution in [-0.4, -0.2) is 63.6 Å². The van der Waals surface area contributed by atoms with Crippen molar-refractivity contribution in [2.75, 3.05) is 26.0 Å². The maximum atomic E-state index is 15.4. The van der Waals surface area contributed by atoms with Crippen molar-refractivity contribution in [3.05, 3.63) is 71.2 Å². The van der Waals surface area contributed by atoms with Crippen LogP contribution in [0.4, 0.5) is 29.1 Å². The molecule has 1 amide bonds. The maximum absolute atomic E-state index is 15.4. The molecule has 0 bridgehead atoms. The van der Waals surface area contributed by atoms with Gasteiger partial charge in [0.15, 0.2) is 17.5 Å². The average Bonchev–Trinajstić information content (AvgIpc) is 3.21. The molecule has 0 saturated heterocycles. The third kappa shape index (κ3) is 5.90. The molecule has 40 heavy (non-hydrogen) atoms. The SMILES string of the molecule is CC(=O)OCC(C(=O)Nc1ccc(-n2nc(C)c3ncnc(N=CN(C)C)c32)c(F)c1F)c1cc(F)cc(F)c1. The number of carbonyl (C=O) groups excluding carboxylic acids is 2. The summed E-state index contributed by atoms with van der Waals surface area (Å²) in [5.41, 5.74) is -0.0410. The van der Waals surface area contributed by atoms with Gasteiger partial charge in [-0.15, -0.1) is 0 Å². The average molecular weight is 558 g/mol. The lowest BCUT2D eigenvalue weighted by Crippen LogP contribution is -2.26. The van der Waals surface area contributed by atoms with E-state index in [0.29, 0.717) is 17.3 Å². The zero-order valence-corrected chi connectivity index (χ0v) is 21.7. The molecule has 0 aliphatic rings. The molecule has 1 N–H and O–H groups in total. The normalized spacial score (nSPS) is 12.1. The fourth-order valence-electron chi connectivity index (χ4n) is 3.84. The number of nitrogens with one attached hydrogen (secondary N) is 1. The standard InChI is InChI=1S/C26H23F4N7O3/c1-13-23-24(25(32-11-31-23)33-12-36(3)4)37(35-13)20-6-5-19(21(29)22(20)30)34-26(39)18(10-40-14(2)38)15-7-16(27)9-17(28)8-15/h5-9,11-12,18H,10H2,1-4H3,(H,34,39). The molecular weight excluding hydrogens is 534 g/mol. The van der Waals surface area contributed by atoms with Crippen LogP contribution in [0.5, 0.6) is 0 Å². The molecule has 0 radical (unpaired) electrons. The highest BCUT2D eigenvalue weighted by Crippen LogP contribution is 2.31. The van der Waals surface area contributed by atoms with Crippen molar-refractivity contribution >= 4 is 40.8 Å². The van der Waals surface area contributed by atoms with Crippen LogP contribution in [0.1, 0.15) is 24.1 Å². The quantitative estimate of drug-likeness (QED) is 0.150. The first kappa shape index (κ1) is 28.1. The van der Waals surface area contributed by atoms with Crippen LogP contribution < -0.4 is 5.32 Å². The number of nitrogens with zero attached hydrogens (tertiary/aromatic N) is 6. The van der Waals surface area contributed by atoms with Gasteiger partial charge in [-0.25, -0.2) is 37.2 Å². The summed E-state index contributed by atoms with van der Waals surface area (Å²) in [6.07, 6.45) is 2.75. The Kier molecular flexibility index (Phi) is 8.07. The summed E-state index contributed by atoms with van der Waals surface area (Å²) in [6, 6.07) is 4.62. The number of esters is 1. The summed E-state index contributed by atoms with van der Waals surface area (Å²) in [7, 11) is 3.49. The summed E-state index contributed by atoms with van der Waals surface area (Å²) >= 11 is 0. The Morgan fingerprint density at radius 3 is 2.45 bits per heavy atom. The van der Waals surface area contributed by atoms with Crippen LogP contribution >= 0.6 is 0 Å². The molecule has 2 aromatic heterocycles. The predicted octanol–water partition coefficient (Wildman–Crippen LogP) is 4.19.